The summed E-state index contributed by atoms with van der Waals surface area (Å²) in [5.41, 5.74) is 0. The minimum atomic E-state index is -0.352. The van der Waals surface area contributed by atoms with Crippen LogP contribution in [0.2, 0.25) is 0 Å². The van der Waals surface area contributed by atoms with Crippen molar-refractivity contribution in [2.45, 2.75) is 142 Å². The Morgan fingerprint density at radius 1 is 0.361 bits per heavy atom. The van der Waals surface area contributed by atoms with Crippen LogP contribution in [0.4, 0.5) is 0 Å². The van der Waals surface area contributed by atoms with Crippen molar-refractivity contribution in [3.05, 3.63) is 0 Å². The summed E-state index contributed by atoms with van der Waals surface area (Å²) < 4.78 is 39.1. The van der Waals surface area contributed by atoms with Crippen LogP contribution < -0.4 is 0 Å². The molecule has 1 aliphatic rings. The Balaban J connectivity index is 3.37. The fourth-order valence-electron chi connectivity index (χ4n) is 4.36. The van der Waals surface area contributed by atoms with E-state index in [1.807, 2.05) is 0 Å². The Morgan fingerprint density at radius 3 is 0.722 bits per heavy atom. The van der Waals surface area contributed by atoms with Crippen LogP contribution in [-0.4, -0.2) is 88.0 Å². The standard InChI is InChI=1S/C29H58O7/c1-6-11-18-31-24-25(32-19-12-7-2)27(34-21-14-9-4)29(36-23-16-17-30)28(35-22-15-10-5)26(24)33-20-13-8-3/h24-30H,6-23H2,1-5H3/t24-,25?,26?,27+,28?,29-/m1/s1. The van der Waals surface area contributed by atoms with Gasteiger partial charge in [-0.1, -0.05) is 66.7 Å². The first-order valence-corrected chi connectivity index (χ1v) is 15.0. The van der Waals surface area contributed by atoms with Gasteiger partial charge < -0.3 is 33.5 Å². The molecule has 36 heavy (non-hydrogen) atoms. The first-order chi connectivity index (χ1) is 17.7. The van der Waals surface area contributed by atoms with E-state index < -0.39 is 0 Å². The molecule has 0 bridgehead atoms. The van der Waals surface area contributed by atoms with Crippen molar-refractivity contribution < 1.29 is 33.5 Å². The Hall–Kier alpha value is -0.280. The van der Waals surface area contributed by atoms with Crippen molar-refractivity contribution >= 4 is 0 Å². The Kier molecular flexibility index (Phi) is 21.3. The maximum Gasteiger partial charge on any atom is 0.115 e. The minimum absolute atomic E-state index is 0.0883. The molecule has 7 nitrogen and oxygen atoms in total. The van der Waals surface area contributed by atoms with Crippen LogP contribution in [0.15, 0.2) is 0 Å². The third-order valence-electron chi connectivity index (χ3n) is 6.60. The molecular formula is C29H58O7. The van der Waals surface area contributed by atoms with Gasteiger partial charge in [-0.3, -0.25) is 0 Å². The molecule has 1 aliphatic carbocycles. The molecule has 216 valence electrons. The van der Waals surface area contributed by atoms with E-state index >= 15 is 0 Å². The van der Waals surface area contributed by atoms with Gasteiger partial charge in [0.05, 0.1) is 0 Å². The minimum Gasteiger partial charge on any atom is -0.396 e. The first-order valence-electron chi connectivity index (χ1n) is 15.0. The van der Waals surface area contributed by atoms with Crippen LogP contribution >= 0.6 is 0 Å². The number of ether oxygens (including phenoxy) is 6. The monoisotopic (exact) mass is 518 g/mol. The second kappa shape index (κ2) is 22.7. The van der Waals surface area contributed by atoms with Crippen molar-refractivity contribution in [1.29, 1.82) is 0 Å². The maximum atomic E-state index is 9.42. The van der Waals surface area contributed by atoms with Crippen molar-refractivity contribution in [2.75, 3.05) is 46.2 Å². The topological polar surface area (TPSA) is 75.6 Å². The molecule has 0 heterocycles. The molecule has 1 N–H and O–H groups in total. The quantitative estimate of drug-likeness (QED) is 0.164. The summed E-state index contributed by atoms with van der Waals surface area (Å²) >= 11 is 0. The summed E-state index contributed by atoms with van der Waals surface area (Å²) in [5.74, 6) is 0. The van der Waals surface area contributed by atoms with E-state index in [0.717, 1.165) is 64.2 Å². The maximum absolute atomic E-state index is 9.42. The summed E-state index contributed by atoms with van der Waals surface area (Å²) in [7, 11) is 0. The van der Waals surface area contributed by atoms with Crippen molar-refractivity contribution in [3.8, 4) is 0 Å². The van der Waals surface area contributed by atoms with E-state index in [1.165, 1.54) is 0 Å². The predicted octanol–water partition coefficient (Wildman–Crippen LogP) is 5.69. The smallest absolute Gasteiger partial charge is 0.115 e. The summed E-state index contributed by atoms with van der Waals surface area (Å²) in [4.78, 5) is 0. The lowest BCUT2D eigenvalue weighted by molar-refractivity contribution is -0.282. The van der Waals surface area contributed by atoms with E-state index in [9.17, 15) is 5.11 Å². The number of hydrogen-bond acceptors (Lipinski definition) is 7. The van der Waals surface area contributed by atoms with Gasteiger partial charge in [0, 0.05) is 46.2 Å². The highest BCUT2D eigenvalue weighted by atomic mass is 16.6. The molecule has 0 aromatic rings. The molecule has 7 heteroatoms. The first kappa shape index (κ1) is 33.7. The fourth-order valence-corrected chi connectivity index (χ4v) is 4.36. The van der Waals surface area contributed by atoms with Crippen molar-refractivity contribution in [3.63, 3.8) is 0 Å². The van der Waals surface area contributed by atoms with Crippen LogP contribution in [0.3, 0.4) is 0 Å². The Bertz CT molecular complexity index is 358. The summed E-state index contributed by atoms with van der Waals surface area (Å²) in [6.45, 7) is 14.6. The molecule has 0 aromatic heterocycles. The summed E-state index contributed by atoms with van der Waals surface area (Å²) in [5, 5.41) is 9.42. The van der Waals surface area contributed by atoms with E-state index in [2.05, 4.69) is 34.6 Å². The summed E-state index contributed by atoms with van der Waals surface area (Å²) in [6, 6.07) is 0. The van der Waals surface area contributed by atoms with Gasteiger partial charge in [0.25, 0.3) is 0 Å². The van der Waals surface area contributed by atoms with E-state index in [0.29, 0.717) is 46.1 Å². The third-order valence-corrected chi connectivity index (χ3v) is 6.60. The molecule has 1 saturated carbocycles. The molecule has 6 atom stereocenters. The zero-order chi connectivity index (χ0) is 26.4. The predicted molar refractivity (Wildman–Crippen MR) is 145 cm³/mol. The molecule has 0 aromatic carbocycles. The lowest BCUT2D eigenvalue weighted by atomic mass is 9.83. The van der Waals surface area contributed by atoms with Crippen molar-refractivity contribution in [2.24, 2.45) is 0 Å². The van der Waals surface area contributed by atoms with Gasteiger partial charge in [0.15, 0.2) is 0 Å². The Labute approximate surface area is 221 Å². The van der Waals surface area contributed by atoms with Gasteiger partial charge in [-0.15, -0.1) is 0 Å². The number of unbranched alkanes of at least 4 members (excludes halogenated alkanes) is 5. The van der Waals surface area contributed by atoms with Crippen molar-refractivity contribution in [1.82, 2.24) is 0 Å². The molecule has 0 aliphatic heterocycles. The van der Waals surface area contributed by atoms with Crippen LogP contribution in [0.5, 0.6) is 0 Å². The van der Waals surface area contributed by atoms with Gasteiger partial charge >= 0.3 is 0 Å². The molecule has 0 saturated heterocycles. The number of hydrogen-bond donors (Lipinski definition) is 1. The van der Waals surface area contributed by atoms with Gasteiger partial charge in [0.1, 0.15) is 36.6 Å². The average Bonchev–Trinajstić information content (AvgIpc) is 2.88. The SMILES string of the molecule is CCCCOC1C(OCCCC)[C@H](OCCCO)[C@@H](OCCCC)C(OCCCC)[C@H]1OCCCC. The summed E-state index contributed by atoms with van der Waals surface area (Å²) in [6.07, 6.45) is 8.86. The molecule has 0 spiro atoms. The lowest BCUT2D eigenvalue weighted by Gasteiger charge is -2.50. The number of aliphatic hydroxyl groups is 1. The third kappa shape index (κ3) is 12.5. The molecule has 0 radical (unpaired) electrons. The van der Waals surface area contributed by atoms with Gasteiger partial charge in [-0.05, 0) is 38.5 Å². The second-order valence-electron chi connectivity index (χ2n) is 9.86. The highest BCUT2D eigenvalue weighted by Crippen LogP contribution is 2.34. The van der Waals surface area contributed by atoms with E-state index in [1.54, 1.807) is 0 Å². The molecule has 0 amide bonds. The Morgan fingerprint density at radius 2 is 0.556 bits per heavy atom. The fraction of sp³-hybridized carbons (Fsp3) is 1.00. The van der Waals surface area contributed by atoms with E-state index in [4.69, 9.17) is 28.4 Å². The zero-order valence-electron chi connectivity index (χ0n) is 24.1. The largest absolute Gasteiger partial charge is 0.396 e. The van der Waals surface area contributed by atoms with Gasteiger partial charge in [0.2, 0.25) is 0 Å². The molecule has 1 fully saturated rings. The van der Waals surface area contributed by atoms with Gasteiger partial charge in [-0.25, -0.2) is 0 Å². The molecule has 3 unspecified atom stereocenters. The molecule has 1 rings (SSSR count). The van der Waals surface area contributed by atoms with Crippen LogP contribution in [0, 0.1) is 0 Å². The lowest BCUT2D eigenvalue weighted by Crippen LogP contribution is -2.67. The van der Waals surface area contributed by atoms with Gasteiger partial charge in [-0.2, -0.15) is 0 Å². The second-order valence-corrected chi connectivity index (χ2v) is 9.86. The normalized spacial score (nSPS) is 26.5. The zero-order valence-corrected chi connectivity index (χ0v) is 24.1. The van der Waals surface area contributed by atoms with Crippen LogP contribution in [0.1, 0.15) is 105 Å². The van der Waals surface area contributed by atoms with Crippen LogP contribution in [0.25, 0.3) is 0 Å². The highest BCUT2D eigenvalue weighted by molar-refractivity contribution is 5.04. The highest BCUT2D eigenvalue weighted by Gasteiger charge is 2.54. The van der Waals surface area contributed by atoms with E-state index in [-0.39, 0.29) is 43.2 Å². The number of rotatable bonds is 24. The number of aliphatic hydroxyl groups excluding tert-OH is 1. The van der Waals surface area contributed by atoms with Crippen LogP contribution in [-0.2, 0) is 28.4 Å². The average molecular weight is 519 g/mol. The molecular weight excluding hydrogens is 460 g/mol.